The number of rotatable bonds is 13. The van der Waals surface area contributed by atoms with E-state index in [0.29, 0.717) is 25.8 Å². The zero-order valence-electron chi connectivity index (χ0n) is 22.3. The molecule has 9 heteroatoms. The maximum Gasteiger partial charge on any atom is 0.407 e. The van der Waals surface area contributed by atoms with Crippen molar-refractivity contribution in [2.75, 3.05) is 19.8 Å². The van der Waals surface area contributed by atoms with E-state index in [4.69, 9.17) is 15.2 Å². The van der Waals surface area contributed by atoms with E-state index in [1.54, 1.807) is 12.1 Å². The highest BCUT2D eigenvalue weighted by molar-refractivity contribution is 5.87. The zero-order valence-corrected chi connectivity index (χ0v) is 22.3. The Kier molecular flexibility index (Phi) is 10.3. The summed E-state index contributed by atoms with van der Waals surface area (Å²) in [6.45, 7) is 0.0473. The number of hydrogen-bond acceptors (Lipinski definition) is 7. The van der Waals surface area contributed by atoms with Gasteiger partial charge in [-0.15, -0.1) is 0 Å². The largest absolute Gasteiger partial charge is 0.459 e. The maximum atomic E-state index is 12.4. The van der Waals surface area contributed by atoms with Gasteiger partial charge in [0.05, 0.1) is 12.6 Å². The van der Waals surface area contributed by atoms with Gasteiger partial charge in [0.15, 0.2) is 6.04 Å². The molecule has 210 valence electrons. The molecule has 1 aliphatic rings. The van der Waals surface area contributed by atoms with Crippen LogP contribution in [0, 0.1) is 0 Å². The normalized spacial score (nSPS) is 13.4. The number of amides is 2. The summed E-state index contributed by atoms with van der Waals surface area (Å²) >= 11 is 0. The lowest BCUT2D eigenvalue weighted by atomic mass is 9.98. The van der Waals surface area contributed by atoms with Crippen LogP contribution in [0.15, 0.2) is 78.9 Å². The van der Waals surface area contributed by atoms with Crippen molar-refractivity contribution in [2.24, 2.45) is 5.73 Å². The van der Waals surface area contributed by atoms with Crippen molar-refractivity contribution < 1.29 is 29.0 Å². The van der Waals surface area contributed by atoms with Crippen LogP contribution in [0.4, 0.5) is 4.79 Å². The van der Waals surface area contributed by atoms with Crippen molar-refractivity contribution in [3.05, 3.63) is 95.6 Å². The summed E-state index contributed by atoms with van der Waals surface area (Å²) in [4.78, 5) is 36.9. The SMILES string of the molecule is N[C@@H](CCCCNC(=O)OCC1c2ccccc2-c2ccccc21)C(=O)N[C@@H](CO)C(=O)OCc1ccccc1. The van der Waals surface area contributed by atoms with E-state index < -0.39 is 36.7 Å². The van der Waals surface area contributed by atoms with Crippen molar-refractivity contribution in [3.63, 3.8) is 0 Å². The maximum absolute atomic E-state index is 12.4. The summed E-state index contributed by atoms with van der Waals surface area (Å²) in [5.41, 5.74) is 11.4. The summed E-state index contributed by atoms with van der Waals surface area (Å²) in [6.07, 6.45) is 1.01. The smallest absolute Gasteiger partial charge is 0.407 e. The molecule has 0 saturated heterocycles. The number of fused-ring (bicyclic) bond motifs is 3. The quantitative estimate of drug-likeness (QED) is 0.191. The summed E-state index contributed by atoms with van der Waals surface area (Å²) in [5.74, 6) is -1.30. The number of hydrogen-bond donors (Lipinski definition) is 4. The van der Waals surface area contributed by atoms with Gasteiger partial charge in [0, 0.05) is 12.5 Å². The fourth-order valence-electron chi connectivity index (χ4n) is 4.75. The molecule has 0 saturated carbocycles. The van der Waals surface area contributed by atoms with Crippen LogP contribution in [0.25, 0.3) is 11.1 Å². The van der Waals surface area contributed by atoms with Gasteiger partial charge in [-0.05, 0) is 47.1 Å². The van der Waals surface area contributed by atoms with Crippen molar-refractivity contribution in [1.82, 2.24) is 10.6 Å². The second kappa shape index (κ2) is 14.3. The van der Waals surface area contributed by atoms with Crippen LogP contribution >= 0.6 is 0 Å². The molecule has 1 aliphatic carbocycles. The van der Waals surface area contributed by atoms with E-state index in [0.717, 1.165) is 16.7 Å². The monoisotopic (exact) mass is 545 g/mol. The molecule has 0 aromatic heterocycles. The second-order valence-corrected chi connectivity index (χ2v) is 9.69. The minimum Gasteiger partial charge on any atom is -0.459 e. The molecule has 0 spiro atoms. The van der Waals surface area contributed by atoms with Gasteiger partial charge in [0.2, 0.25) is 5.91 Å². The van der Waals surface area contributed by atoms with Gasteiger partial charge in [-0.1, -0.05) is 78.9 Å². The predicted octanol–water partition coefficient (Wildman–Crippen LogP) is 3.24. The minimum absolute atomic E-state index is 0.00646. The Balaban J connectivity index is 1.12. The number of nitrogens with one attached hydrogen (secondary N) is 2. The van der Waals surface area contributed by atoms with Gasteiger partial charge >= 0.3 is 12.1 Å². The molecule has 4 rings (SSSR count). The third kappa shape index (κ3) is 7.46. The average molecular weight is 546 g/mol. The number of ether oxygens (including phenoxy) is 2. The molecular weight excluding hydrogens is 510 g/mol. The number of carbonyl (C=O) groups is 3. The molecule has 2 amide bonds. The number of esters is 1. The Morgan fingerprint density at radius 2 is 1.48 bits per heavy atom. The Bertz CT molecular complexity index is 1250. The lowest BCUT2D eigenvalue weighted by Gasteiger charge is -2.18. The Labute approximate surface area is 233 Å². The molecule has 0 aliphatic heterocycles. The molecule has 2 atom stereocenters. The average Bonchev–Trinajstić information content (AvgIpc) is 3.31. The molecule has 0 fully saturated rings. The summed E-state index contributed by atoms with van der Waals surface area (Å²) in [6, 6.07) is 23.3. The van der Waals surface area contributed by atoms with Gasteiger partial charge in [0.1, 0.15) is 13.2 Å². The van der Waals surface area contributed by atoms with Crippen molar-refractivity contribution >= 4 is 18.0 Å². The van der Waals surface area contributed by atoms with E-state index in [1.807, 2.05) is 42.5 Å². The first-order valence-corrected chi connectivity index (χ1v) is 13.4. The Morgan fingerprint density at radius 1 is 0.850 bits per heavy atom. The van der Waals surface area contributed by atoms with Crippen molar-refractivity contribution in [3.8, 4) is 11.1 Å². The number of nitrogens with two attached hydrogens (primary N) is 1. The molecule has 0 bridgehead atoms. The fourth-order valence-corrected chi connectivity index (χ4v) is 4.75. The lowest BCUT2D eigenvalue weighted by molar-refractivity contribution is -0.150. The van der Waals surface area contributed by atoms with E-state index in [1.165, 1.54) is 11.1 Å². The summed E-state index contributed by atoms with van der Waals surface area (Å²) < 4.78 is 10.7. The Morgan fingerprint density at radius 3 is 2.12 bits per heavy atom. The van der Waals surface area contributed by atoms with Gasteiger partial charge < -0.3 is 30.9 Å². The second-order valence-electron chi connectivity index (χ2n) is 9.69. The van der Waals surface area contributed by atoms with Gasteiger partial charge in [-0.25, -0.2) is 9.59 Å². The van der Waals surface area contributed by atoms with Crippen LogP contribution in [0.3, 0.4) is 0 Å². The third-order valence-corrected chi connectivity index (χ3v) is 6.90. The van der Waals surface area contributed by atoms with Crippen LogP contribution < -0.4 is 16.4 Å². The van der Waals surface area contributed by atoms with Gasteiger partial charge in [-0.3, -0.25) is 4.79 Å². The zero-order chi connectivity index (χ0) is 28.3. The first kappa shape index (κ1) is 28.8. The molecule has 3 aromatic carbocycles. The highest BCUT2D eigenvalue weighted by Crippen LogP contribution is 2.44. The van der Waals surface area contributed by atoms with Crippen LogP contribution in [0.5, 0.6) is 0 Å². The molecule has 3 aromatic rings. The molecule has 0 unspecified atom stereocenters. The lowest BCUT2D eigenvalue weighted by Crippen LogP contribution is -2.50. The van der Waals surface area contributed by atoms with Crippen LogP contribution in [0.2, 0.25) is 0 Å². The van der Waals surface area contributed by atoms with Crippen molar-refractivity contribution in [1.29, 1.82) is 0 Å². The van der Waals surface area contributed by atoms with Crippen LogP contribution in [0.1, 0.15) is 41.9 Å². The van der Waals surface area contributed by atoms with E-state index in [2.05, 4.69) is 34.9 Å². The predicted molar refractivity (Wildman–Crippen MR) is 150 cm³/mol. The molecule has 0 heterocycles. The number of benzene rings is 3. The van der Waals surface area contributed by atoms with Gasteiger partial charge in [-0.2, -0.15) is 0 Å². The van der Waals surface area contributed by atoms with E-state index in [-0.39, 0.29) is 19.1 Å². The van der Waals surface area contributed by atoms with E-state index in [9.17, 15) is 19.5 Å². The molecular formula is C31H35N3O6. The molecule has 40 heavy (non-hydrogen) atoms. The molecule has 5 N–H and O–H groups in total. The van der Waals surface area contributed by atoms with Crippen molar-refractivity contribution in [2.45, 2.75) is 43.9 Å². The minimum atomic E-state index is -1.20. The third-order valence-electron chi connectivity index (χ3n) is 6.90. The summed E-state index contributed by atoms with van der Waals surface area (Å²) in [5, 5.41) is 14.7. The molecule has 0 radical (unpaired) electrons. The number of carbonyl (C=O) groups excluding carboxylic acids is 3. The number of unbranched alkanes of at least 4 members (excludes halogenated alkanes) is 1. The first-order valence-electron chi connectivity index (χ1n) is 13.4. The van der Waals surface area contributed by atoms with Gasteiger partial charge in [0.25, 0.3) is 0 Å². The Hall–Kier alpha value is -4.21. The van der Waals surface area contributed by atoms with Crippen LogP contribution in [-0.2, 0) is 25.7 Å². The number of alkyl carbamates (subject to hydrolysis) is 1. The first-order chi connectivity index (χ1) is 19.5. The topological polar surface area (TPSA) is 140 Å². The number of aliphatic hydroxyl groups excluding tert-OH is 1. The number of aliphatic hydroxyl groups is 1. The highest BCUT2D eigenvalue weighted by Gasteiger charge is 2.29. The fraction of sp³-hybridized carbons (Fsp3) is 0.323. The van der Waals surface area contributed by atoms with Crippen LogP contribution in [-0.4, -0.2) is 54.9 Å². The standard InChI is InChI=1S/C31H35N3O6/c32-27(29(36)34-28(18-35)30(37)39-19-21-10-2-1-3-11-21)16-8-9-17-33-31(38)40-20-26-24-14-6-4-12-22(24)23-13-5-7-15-25(23)26/h1-7,10-15,26-28,35H,8-9,16-20,32H2,(H,33,38)(H,34,36)/t27-,28-/m0/s1. The molecule has 9 nitrogen and oxygen atoms in total. The van der Waals surface area contributed by atoms with E-state index >= 15 is 0 Å². The summed E-state index contributed by atoms with van der Waals surface area (Å²) in [7, 11) is 0. The highest BCUT2D eigenvalue weighted by atomic mass is 16.5.